The molecule has 8 nitrogen and oxygen atoms in total. The summed E-state index contributed by atoms with van der Waals surface area (Å²) in [4.78, 5) is 30.4. The van der Waals surface area contributed by atoms with E-state index in [-0.39, 0.29) is 18.2 Å². The molecule has 2 fully saturated rings. The van der Waals surface area contributed by atoms with E-state index < -0.39 is 5.41 Å². The van der Waals surface area contributed by atoms with Crippen molar-refractivity contribution in [2.75, 3.05) is 23.7 Å². The third-order valence-electron chi connectivity index (χ3n) is 6.05. The average Bonchev–Trinajstić information content (AvgIpc) is 3.21. The van der Waals surface area contributed by atoms with E-state index in [0.29, 0.717) is 36.8 Å². The molecule has 0 bridgehead atoms. The lowest BCUT2D eigenvalue weighted by atomic mass is 9.77. The number of aromatic nitrogens is 3. The molecule has 0 aliphatic carbocycles. The maximum atomic E-state index is 12.3. The minimum absolute atomic E-state index is 0.148. The minimum atomic E-state index is -0.584. The van der Waals surface area contributed by atoms with Crippen LogP contribution in [0.3, 0.4) is 0 Å². The van der Waals surface area contributed by atoms with Crippen LogP contribution in [0.1, 0.15) is 19.3 Å². The summed E-state index contributed by atoms with van der Waals surface area (Å²) in [7, 11) is 0. The quantitative estimate of drug-likeness (QED) is 0.559. The van der Waals surface area contributed by atoms with E-state index in [9.17, 15) is 9.59 Å². The SMILES string of the molecule is Nc1n[nH]c2cc(-c3cncc(Cl)c3N3CCC4(CC3)CC(=O)NC4=O)ccc12. The van der Waals surface area contributed by atoms with Gasteiger partial charge in [-0.05, 0) is 30.5 Å². The third kappa shape index (κ3) is 2.82. The van der Waals surface area contributed by atoms with Crippen molar-refractivity contribution in [2.45, 2.75) is 19.3 Å². The van der Waals surface area contributed by atoms with Gasteiger partial charge < -0.3 is 10.6 Å². The Labute approximate surface area is 171 Å². The zero-order chi connectivity index (χ0) is 20.2. The summed E-state index contributed by atoms with van der Waals surface area (Å²) in [6.07, 6.45) is 4.91. The second-order valence-corrected chi connectivity index (χ2v) is 8.12. The average molecular weight is 411 g/mol. The van der Waals surface area contributed by atoms with E-state index in [1.54, 1.807) is 12.4 Å². The molecule has 2 aliphatic heterocycles. The van der Waals surface area contributed by atoms with Gasteiger partial charge in [-0.25, -0.2) is 0 Å². The van der Waals surface area contributed by atoms with Gasteiger partial charge in [0, 0.05) is 42.9 Å². The Morgan fingerprint density at radius 1 is 1.17 bits per heavy atom. The highest BCUT2D eigenvalue weighted by atomic mass is 35.5. The number of piperidine rings is 1. The largest absolute Gasteiger partial charge is 0.382 e. The lowest BCUT2D eigenvalue weighted by Crippen LogP contribution is -2.44. The maximum Gasteiger partial charge on any atom is 0.233 e. The van der Waals surface area contributed by atoms with Crippen molar-refractivity contribution in [2.24, 2.45) is 5.41 Å². The maximum absolute atomic E-state index is 12.3. The highest BCUT2D eigenvalue weighted by Gasteiger charge is 2.48. The number of nitrogens with one attached hydrogen (secondary N) is 2. The number of rotatable bonds is 2. The fourth-order valence-corrected chi connectivity index (χ4v) is 4.70. The van der Waals surface area contributed by atoms with Crippen LogP contribution in [0.5, 0.6) is 0 Å². The lowest BCUT2D eigenvalue weighted by Gasteiger charge is -2.39. The number of amides is 2. The van der Waals surface area contributed by atoms with E-state index in [4.69, 9.17) is 17.3 Å². The molecule has 148 valence electrons. The first-order chi connectivity index (χ1) is 14.0. The van der Waals surface area contributed by atoms with Gasteiger partial charge in [-0.15, -0.1) is 0 Å². The number of H-pyrrole nitrogens is 1. The molecule has 1 aromatic carbocycles. The summed E-state index contributed by atoms with van der Waals surface area (Å²) in [6, 6.07) is 5.87. The Morgan fingerprint density at radius 3 is 2.69 bits per heavy atom. The number of hydrogen-bond acceptors (Lipinski definition) is 6. The number of nitrogens with two attached hydrogens (primary N) is 1. The van der Waals surface area contributed by atoms with Crippen LogP contribution in [0, 0.1) is 5.41 Å². The van der Waals surface area contributed by atoms with Crippen molar-refractivity contribution in [1.29, 1.82) is 0 Å². The Balaban J connectivity index is 1.50. The van der Waals surface area contributed by atoms with Crippen molar-refractivity contribution in [3.05, 3.63) is 35.6 Å². The highest BCUT2D eigenvalue weighted by molar-refractivity contribution is 6.34. The molecule has 0 radical (unpaired) electrons. The molecule has 1 spiro atoms. The van der Waals surface area contributed by atoms with Gasteiger partial charge in [-0.2, -0.15) is 5.10 Å². The summed E-state index contributed by atoms with van der Waals surface area (Å²) in [5, 5.41) is 10.8. The number of fused-ring (bicyclic) bond motifs is 1. The fraction of sp³-hybridized carbons (Fsp3) is 0.300. The number of halogens is 1. The van der Waals surface area contributed by atoms with Gasteiger partial charge in [0.1, 0.15) is 0 Å². The molecule has 2 aromatic heterocycles. The number of imide groups is 1. The second kappa shape index (κ2) is 6.45. The smallest absolute Gasteiger partial charge is 0.233 e. The number of carbonyl (C=O) groups is 2. The van der Waals surface area contributed by atoms with Crippen LogP contribution in [-0.2, 0) is 9.59 Å². The monoisotopic (exact) mass is 410 g/mol. The number of hydrogen-bond donors (Lipinski definition) is 3. The standard InChI is InChI=1S/C20H19ClN6O2/c21-14-10-23-9-13(11-1-2-12-15(7-11)25-26-18(12)22)17(14)27-5-3-20(4-6-27)8-16(28)24-19(20)29/h1-2,7,9-10H,3-6,8H2,(H3,22,25,26)(H,24,28,29). The van der Waals surface area contributed by atoms with Crippen LogP contribution < -0.4 is 16.0 Å². The van der Waals surface area contributed by atoms with Crippen LogP contribution in [0.15, 0.2) is 30.6 Å². The summed E-state index contributed by atoms with van der Waals surface area (Å²) in [6.45, 7) is 1.27. The third-order valence-corrected chi connectivity index (χ3v) is 6.32. The van der Waals surface area contributed by atoms with Crippen LogP contribution in [0.25, 0.3) is 22.0 Å². The van der Waals surface area contributed by atoms with Gasteiger partial charge in [0.05, 0.1) is 21.6 Å². The molecule has 4 N–H and O–H groups in total. The molecule has 2 aliphatic rings. The van der Waals surface area contributed by atoms with Gasteiger partial charge in [-0.1, -0.05) is 17.7 Å². The van der Waals surface area contributed by atoms with Crippen molar-refractivity contribution >= 4 is 45.8 Å². The van der Waals surface area contributed by atoms with Crippen molar-refractivity contribution in [1.82, 2.24) is 20.5 Å². The first-order valence-corrected chi connectivity index (χ1v) is 9.81. The Hall–Kier alpha value is -3.13. The highest BCUT2D eigenvalue weighted by Crippen LogP contribution is 2.43. The number of carbonyl (C=O) groups excluding carboxylic acids is 2. The number of aromatic amines is 1. The molecule has 4 heterocycles. The molecule has 0 saturated carbocycles. The zero-order valence-electron chi connectivity index (χ0n) is 15.5. The Bertz CT molecular complexity index is 1150. The summed E-state index contributed by atoms with van der Waals surface area (Å²) in [5.41, 5.74) is 8.85. The number of pyridine rings is 1. The van der Waals surface area contributed by atoms with Crippen LogP contribution in [-0.4, -0.2) is 40.1 Å². The summed E-state index contributed by atoms with van der Waals surface area (Å²) in [5.74, 6) is 0.130. The van der Waals surface area contributed by atoms with Crippen molar-refractivity contribution in [3.63, 3.8) is 0 Å². The van der Waals surface area contributed by atoms with Gasteiger partial charge in [0.25, 0.3) is 0 Å². The summed E-state index contributed by atoms with van der Waals surface area (Å²) < 4.78 is 0. The molecule has 0 atom stereocenters. The van der Waals surface area contributed by atoms with E-state index in [2.05, 4.69) is 25.4 Å². The topological polar surface area (TPSA) is 117 Å². The van der Waals surface area contributed by atoms with Gasteiger partial charge in [-0.3, -0.25) is 25.0 Å². The van der Waals surface area contributed by atoms with Crippen LogP contribution in [0.2, 0.25) is 5.02 Å². The van der Waals surface area contributed by atoms with E-state index in [1.165, 1.54) is 0 Å². The van der Waals surface area contributed by atoms with Gasteiger partial charge >= 0.3 is 0 Å². The van der Waals surface area contributed by atoms with Crippen LogP contribution in [0.4, 0.5) is 11.5 Å². The van der Waals surface area contributed by atoms with E-state index in [0.717, 1.165) is 27.7 Å². The van der Waals surface area contributed by atoms with Gasteiger partial charge in [0.15, 0.2) is 5.82 Å². The molecular formula is C20H19ClN6O2. The summed E-state index contributed by atoms with van der Waals surface area (Å²) >= 11 is 6.56. The van der Waals surface area contributed by atoms with E-state index >= 15 is 0 Å². The Morgan fingerprint density at radius 2 is 1.97 bits per heavy atom. The fourth-order valence-electron chi connectivity index (χ4n) is 4.42. The van der Waals surface area contributed by atoms with Crippen LogP contribution >= 0.6 is 11.6 Å². The molecular weight excluding hydrogens is 392 g/mol. The normalized spacial score (nSPS) is 18.6. The molecule has 5 rings (SSSR count). The molecule has 0 unspecified atom stereocenters. The lowest BCUT2D eigenvalue weighted by molar-refractivity contribution is -0.129. The molecule has 3 aromatic rings. The molecule has 2 saturated heterocycles. The molecule has 2 amide bonds. The first kappa shape index (κ1) is 17.9. The van der Waals surface area contributed by atoms with E-state index in [1.807, 2.05) is 18.2 Å². The zero-order valence-corrected chi connectivity index (χ0v) is 16.3. The molecule has 9 heteroatoms. The van der Waals surface area contributed by atoms with Crippen molar-refractivity contribution < 1.29 is 9.59 Å². The number of nitrogen functional groups attached to an aromatic ring is 1. The predicted molar refractivity (Wildman–Crippen MR) is 110 cm³/mol. The number of benzene rings is 1. The second-order valence-electron chi connectivity index (χ2n) is 7.71. The van der Waals surface area contributed by atoms with Gasteiger partial charge in [0.2, 0.25) is 11.8 Å². The minimum Gasteiger partial charge on any atom is -0.382 e. The van der Waals surface area contributed by atoms with Crippen molar-refractivity contribution in [3.8, 4) is 11.1 Å². The number of nitrogens with zero attached hydrogens (tertiary/aromatic N) is 3. The number of anilines is 2. The molecule has 29 heavy (non-hydrogen) atoms. The first-order valence-electron chi connectivity index (χ1n) is 9.44. The Kier molecular flexibility index (Phi) is 3.99. The predicted octanol–water partition coefficient (Wildman–Crippen LogP) is 2.49.